The maximum absolute atomic E-state index is 13.1. The van der Waals surface area contributed by atoms with Crippen LogP contribution in [-0.2, 0) is 16.0 Å². The quantitative estimate of drug-likeness (QED) is 0.697. The highest BCUT2D eigenvalue weighted by Gasteiger charge is 2.40. The van der Waals surface area contributed by atoms with E-state index in [1.165, 1.54) is 17.7 Å². The number of hydrogen-bond donors (Lipinski definition) is 0. The fourth-order valence-electron chi connectivity index (χ4n) is 3.73. The normalized spacial score (nSPS) is 20.0. The Morgan fingerprint density at radius 3 is 2.48 bits per heavy atom. The van der Waals surface area contributed by atoms with E-state index in [9.17, 15) is 9.18 Å². The highest BCUT2D eigenvalue weighted by atomic mass is 19.1. The summed E-state index contributed by atoms with van der Waals surface area (Å²) in [7, 11) is 3.25. The summed E-state index contributed by atoms with van der Waals surface area (Å²) in [5, 5.41) is 4.45. The van der Waals surface area contributed by atoms with E-state index in [2.05, 4.69) is 15.9 Å². The third-order valence-electron chi connectivity index (χ3n) is 4.96. The topological polar surface area (TPSA) is 44.1 Å². The number of aldehydes is 1. The Bertz CT molecular complexity index is 780. The standard InChI is InChI=1S/C18H17FN2O.C2H6O.C2H6/c19-15-4-6-16(7-5-15)21-17-9-14-3-1-2-8-18(14,12-22)10-13(17)11-20-21;1-3-2;1-2/h4-7,9,11-12H,1-3,8,10H2;1-2H3;1-2H3. The zero-order chi connectivity index (χ0) is 19.9. The molecule has 0 N–H and O–H groups in total. The number of nitrogens with zero attached hydrogens (tertiary/aromatic N) is 2. The van der Waals surface area contributed by atoms with Crippen LogP contribution >= 0.6 is 0 Å². The van der Waals surface area contributed by atoms with Crippen molar-refractivity contribution in [3.63, 3.8) is 0 Å². The molecule has 0 aliphatic heterocycles. The summed E-state index contributed by atoms with van der Waals surface area (Å²) < 4.78 is 19.2. The molecule has 2 aromatic rings. The van der Waals surface area contributed by atoms with Crippen molar-refractivity contribution in [2.75, 3.05) is 14.2 Å². The Kier molecular flexibility index (Phi) is 7.48. The molecule has 0 spiro atoms. The van der Waals surface area contributed by atoms with Crippen LogP contribution in [0.25, 0.3) is 11.8 Å². The lowest BCUT2D eigenvalue weighted by Gasteiger charge is -2.37. The molecule has 1 heterocycles. The molecule has 5 heteroatoms. The first-order valence-electron chi connectivity index (χ1n) is 9.54. The van der Waals surface area contributed by atoms with Gasteiger partial charge in [-0.25, -0.2) is 9.07 Å². The molecule has 1 unspecified atom stereocenters. The van der Waals surface area contributed by atoms with Crippen molar-refractivity contribution < 1.29 is 13.9 Å². The molecule has 0 radical (unpaired) electrons. The van der Waals surface area contributed by atoms with E-state index in [1.54, 1.807) is 26.4 Å². The van der Waals surface area contributed by atoms with E-state index in [0.717, 1.165) is 55.3 Å². The molecule has 0 amide bonds. The number of benzene rings is 1. The van der Waals surface area contributed by atoms with Gasteiger partial charge in [-0.15, -0.1) is 0 Å². The van der Waals surface area contributed by atoms with Gasteiger partial charge in [0.2, 0.25) is 0 Å². The van der Waals surface area contributed by atoms with Crippen molar-refractivity contribution in [3.05, 3.63) is 53.1 Å². The zero-order valence-electron chi connectivity index (χ0n) is 16.7. The highest BCUT2D eigenvalue weighted by Crippen LogP contribution is 2.46. The van der Waals surface area contributed by atoms with Crippen molar-refractivity contribution in [2.24, 2.45) is 5.41 Å². The van der Waals surface area contributed by atoms with E-state index >= 15 is 0 Å². The number of allylic oxidation sites excluding steroid dienone is 1. The van der Waals surface area contributed by atoms with Gasteiger partial charge < -0.3 is 9.53 Å². The Balaban J connectivity index is 0.000000478. The number of aromatic nitrogens is 2. The molecular weight excluding hydrogens is 343 g/mol. The third kappa shape index (κ3) is 4.35. The molecule has 4 nitrogen and oxygen atoms in total. The largest absolute Gasteiger partial charge is 0.388 e. The third-order valence-corrected chi connectivity index (χ3v) is 4.96. The van der Waals surface area contributed by atoms with E-state index in [1.807, 2.05) is 24.7 Å². The summed E-state index contributed by atoms with van der Waals surface area (Å²) in [6.07, 6.45) is 10.00. The van der Waals surface area contributed by atoms with Crippen LogP contribution in [0.4, 0.5) is 4.39 Å². The lowest BCUT2D eigenvalue weighted by molar-refractivity contribution is -0.115. The number of ether oxygens (including phenoxy) is 1. The van der Waals surface area contributed by atoms with E-state index in [0.29, 0.717) is 0 Å². The minimum atomic E-state index is -0.318. The molecule has 1 aromatic heterocycles. The molecule has 27 heavy (non-hydrogen) atoms. The zero-order valence-corrected chi connectivity index (χ0v) is 16.7. The molecule has 2 aliphatic carbocycles. The van der Waals surface area contributed by atoms with Crippen LogP contribution in [0.15, 0.2) is 36.0 Å². The van der Waals surface area contributed by atoms with Crippen LogP contribution in [0.2, 0.25) is 0 Å². The van der Waals surface area contributed by atoms with Gasteiger partial charge in [-0.3, -0.25) is 0 Å². The fraction of sp³-hybridized carbons (Fsp3) is 0.455. The van der Waals surface area contributed by atoms with Crippen LogP contribution in [0.5, 0.6) is 0 Å². The average molecular weight is 372 g/mol. The highest BCUT2D eigenvalue weighted by molar-refractivity contribution is 5.74. The number of methoxy groups -OCH3 is 1. The van der Waals surface area contributed by atoms with Crippen LogP contribution in [0.1, 0.15) is 50.8 Å². The maximum Gasteiger partial charge on any atom is 0.130 e. The van der Waals surface area contributed by atoms with Gasteiger partial charge in [0, 0.05) is 14.2 Å². The van der Waals surface area contributed by atoms with Gasteiger partial charge in [-0.1, -0.05) is 25.8 Å². The Hall–Kier alpha value is -2.27. The smallest absolute Gasteiger partial charge is 0.130 e. The molecule has 2 aliphatic rings. The van der Waals surface area contributed by atoms with Crippen LogP contribution in [0.3, 0.4) is 0 Å². The van der Waals surface area contributed by atoms with Gasteiger partial charge >= 0.3 is 0 Å². The number of rotatable bonds is 2. The van der Waals surface area contributed by atoms with E-state index < -0.39 is 0 Å². The van der Waals surface area contributed by atoms with Gasteiger partial charge in [-0.2, -0.15) is 5.10 Å². The summed E-state index contributed by atoms with van der Waals surface area (Å²) >= 11 is 0. The molecular formula is C22H29FN2O2. The van der Waals surface area contributed by atoms with E-state index in [-0.39, 0.29) is 11.2 Å². The lowest BCUT2D eigenvalue weighted by atomic mass is 9.65. The summed E-state index contributed by atoms with van der Waals surface area (Å²) in [6, 6.07) is 6.33. The second-order valence-corrected chi connectivity index (χ2v) is 6.68. The lowest BCUT2D eigenvalue weighted by Crippen LogP contribution is -2.33. The molecule has 1 fully saturated rings. The summed E-state index contributed by atoms with van der Waals surface area (Å²) in [4.78, 5) is 11.7. The minimum absolute atomic E-state index is 0.254. The second-order valence-electron chi connectivity index (χ2n) is 6.68. The maximum atomic E-state index is 13.1. The first kappa shape index (κ1) is 21.0. The molecule has 0 bridgehead atoms. The Morgan fingerprint density at radius 1 is 1.19 bits per heavy atom. The van der Waals surface area contributed by atoms with Crippen molar-refractivity contribution >= 4 is 12.4 Å². The van der Waals surface area contributed by atoms with Crippen LogP contribution in [-0.4, -0.2) is 30.3 Å². The molecule has 146 valence electrons. The SMILES string of the molecule is CC.COC.O=CC12CCCCC1=Cc1c(cnn1-c1ccc(F)cc1)C2. The average Bonchev–Trinajstić information content (AvgIpc) is 3.11. The monoisotopic (exact) mass is 372 g/mol. The molecule has 1 saturated carbocycles. The predicted octanol–water partition coefficient (Wildman–Crippen LogP) is 5.00. The fourth-order valence-corrected chi connectivity index (χ4v) is 3.73. The Morgan fingerprint density at radius 2 is 1.85 bits per heavy atom. The molecule has 4 rings (SSSR count). The second kappa shape index (κ2) is 9.60. The van der Waals surface area contributed by atoms with Crippen LogP contribution < -0.4 is 0 Å². The van der Waals surface area contributed by atoms with Gasteiger partial charge in [0.1, 0.15) is 12.1 Å². The van der Waals surface area contributed by atoms with Crippen molar-refractivity contribution in [1.29, 1.82) is 0 Å². The Labute approximate surface area is 161 Å². The van der Waals surface area contributed by atoms with Crippen LogP contribution in [0, 0.1) is 11.2 Å². The number of carbonyl (C=O) groups is 1. The van der Waals surface area contributed by atoms with Crippen molar-refractivity contribution in [2.45, 2.75) is 46.0 Å². The molecule has 1 aromatic carbocycles. The van der Waals surface area contributed by atoms with Gasteiger partial charge in [0.15, 0.2) is 0 Å². The van der Waals surface area contributed by atoms with Gasteiger partial charge in [-0.05, 0) is 61.6 Å². The summed E-state index contributed by atoms with van der Waals surface area (Å²) in [5.41, 5.74) is 3.88. The van der Waals surface area contributed by atoms with Crippen molar-refractivity contribution in [3.8, 4) is 5.69 Å². The van der Waals surface area contributed by atoms with Gasteiger partial charge in [0.25, 0.3) is 0 Å². The first-order chi connectivity index (χ1) is 13.1. The number of hydrogen-bond acceptors (Lipinski definition) is 3. The number of halogens is 1. The summed E-state index contributed by atoms with van der Waals surface area (Å²) in [5.74, 6) is -0.254. The number of carbonyl (C=O) groups excluding carboxylic acids is 1. The first-order valence-corrected chi connectivity index (χ1v) is 9.54. The van der Waals surface area contributed by atoms with Crippen molar-refractivity contribution in [1.82, 2.24) is 9.78 Å². The van der Waals surface area contributed by atoms with E-state index in [4.69, 9.17) is 0 Å². The van der Waals surface area contributed by atoms with Gasteiger partial charge in [0.05, 0.1) is 23.0 Å². The molecule has 1 atom stereocenters. The number of fused-ring (bicyclic) bond motifs is 2. The minimum Gasteiger partial charge on any atom is -0.388 e. The summed E-state index contributed by atoms with van der Waals surface area (Å²) in [6.45, 7) is 4.00. The molecule has 0 saturated heterocycles. The predicted molar refractivity (Wildman–Crippen MR) is 106 cm³/mol.